The van der Waals surface area contributed by atoms with Crippen LogP contribution in [0.5, 0.6) is 0 Å². The largest absolute Gasteiger partial charge is 0.102 e. The quantitative estimate of drug-likeness (QED) is 0.510. The second-order valence-electron chi connectivity index (χ2n) is 2.83. The fraction of sp³-hybridized carbons (Fsp3) is 0.600. The first kappa shape index (κ1) is 9.48. The Balaban J connectivity index is 3.60. The van der Waals surface area contributed by atoms with Gasteiger partial charge in [0.1, 0.15) is 0 Å². The van der Waals surface area contributed by atoms with E-state index < -0.39 is 0 Å². The van der Waals surface area contributed by atoms with E-state index in [9.17, 15) is 0 Å². The molecule has 0 rings (SSSR count). The van der Waals surface area contributed by atoms with Gasteiger partial charge in [0.25, 0.3) is 0 Å². The van der Waals surface area contributed by atoms with Crippen LogP contribution in [-0.4, -0.2) is 0 Å². The predicted molar refractivity (Wildman–Crippen MR) is 48.0 cm³/mol. The average Bonchev–Trinajstić information content (AvgIpc) is 1.89. The van der Waals surface area contributed by atoms with Crippen LogP contribution in [0.4, 0.5) is 0 Å². The normalized spacial score (nSPS) is 12.6. The van der Waals surface area contributed by atoms with Gasteiger partial charge in [-0.2, -0.15) is 0 Å². The molecular weight excluding hydrogens is 120 g/mol. The minimum absolute atomic E-state index is 0.542. The highest BCUT2D eigenvalue weighted by molar-refractivity contribution is 5.03. The van der Waals surface area contributed by atoms with E-state index in [1.165, 1.54) is 24.8 Å². The van der Waals surface area contributed by atoms with Crippen LogP contribution in [0.15, 0.2) is 24.8 Å². The van der Waals surface area contributed by atoms with Crippen LogP contribution in [0.3, 0.4) is 0 Å². The van der Waals surface area contributed by atoms with Gasteiger partial charge in [-0.25, -0.2) is 0 Å². The smallest absolute Gasteiger partial charge is 0.00314 e. The number of rotatable bonds is 5. The van der Waals surface area contributed by atoms with E-state index in [0.29, 0.717) is 5.92 Å². The summed E-state index contributed by atoms with van der Waals surface area (Å²) in [6.07, 6.45) is 5.76. The van der Waals surface area contributed by atoms with Gasteiger partial charge in [0.05, 0.1) is 0 Å². The molecule has 1 atom stereocenters. The van der Waals surface area contributed by atoms with E-state index in [1.807, 2.05) is 6.08 Å². The molecule has 0 aliphatic carbocycles. The number of unbranched alkanes of at least 4 members (excludes halogenated alkanes) is 1. The summed E-state index contributed by atoms with van der Waals surface area (Å²) < 4.78 is 0. The molecule has 0 bridgehead atoms. The first-order chi connectivity index (χ1) is 4.72. The minimum Gasteiger partial charge on any atom is -0.102 e. The Morgan fingerprint density at radius 3 is 2.50 bits per heavy atom. The van der Waals surface area contributed by atoms with Crippen molar-refractivity contribution in [3.05, 3.63) is 24.8 Å². The molecule has 0 aliphatic rings. The zero-order valence-electron chi connectivity index (χ0n) is 7.19. The van der Waals surface area contributed by atoms with E-state index in [4.69, 9.17) is 0 Å². The highest BCUT2D eigenvalue weighted by Crippen LogP contribution is 2.16. The first-order valence-electron chi connectivity index (χ1n) is 4.00. The van der Waals surface area contributed by atoms with Gasteiger partial charge in [0.2, 0.25) is 0 Å². The zero-order chi connectivity index (χ0) is 7.98. The van der Waals surface area contributed by atoms with Gasteiger partial charge in [-0.15, -0.1) is 6.58 Å². The number of hydrogen-bond donors (Lipinski definition) is 0. The first-order valence-corrected chi connectivity index (χ1v) is 4.00. The van der Waals surface area contributed by atoms with Gasteiger partial charge in [-0.3, -0.25) is 0 Å². The Kier molecular flexibility index (Phi) is 5.00. The fourth-order valence-corrected chi connectivity index (χ4v) is 0.989. The molecule has 58 valence electrons. The summed E-state index contributed by atoms with van der Waals surface area (Å²) in [6, 6.07) is 0. The molecule has 0 aromatic rings. The lowest BCUT2D eigenvalue weighted by Crippen LogP contribution is -1.95. The number of allylic oxidation sites excluding steroid dienone is 2. The summed E-state index contributed by atoms with van der Waals surface area (Å²) in [5.41, 5.74) is 1.24. The van der Waals surface area contributed by atoms with Crippen molar-refractivity contribution in [2.45, 2.75) is 33.1 Å². The minimum atomic E-state index is 0.542. The molecule has 0 aromatic carbocycles. The molecule has 1 unspecified atom stereocenters. The maximum atomic E-state index is 3.91. The standard InChI is InChI=1S/C10H18/c1-5-7-8-10(6-2)9(3)4/h6,10H,2-3,5,7-8H2,1,4H3. The lowest BCUT2D eigenvalue weighted by atomic mass is 9.96. The lowest BCUT2D eigenvalue weighted by molar-refractivity contribution is 0.620. The molecule has 0 spiro atoms. The van der Waals surface area contributed by atoms with Crippen molar-refractivity contribution in [1.29, 1.82) is 0 Å². The third-order valence-electron chi connectivity index (χ3n) is 1.79. The van der Waals surface area contributed by atoms with Crippen molar-refractivity contribution in [1.82, 2.24) is 0 Å². The maximum absolute atomic E-state index is 3.91. The number of hydrogen-bond acceptors (Lipinski definition) is 0. The van der Waals surface area contributed by atoms with Gasteiger partial charge in [0, 0.05) is 0 Å². The molecule has 0 radical (unpaired) electrons. The van der Waals surface area contributed by atoms with E-state index in [2.05, 4.69) is 27.0 Å². The van der Waals surface area contributed by atoms with Crippen LogP contribution in [0.25, 0.3) is 0 Å². The SMILES string of the molecule is C=CC(CCCC)C(=C)C. The molecule has 0 saturated heterocycles. The lowest BCUT2D eigenvalue weighted by Gasteiger charge is -2.10. The molecule has 10 heavy (non-hydrogen) atoms. The summed E-state index contributed by atoms with van der Waals surface area (Å²) in [6.45, 7) is 12.0. The second kappa shape index (κ2) is 5.28. The van der Waals surface area contributed by atoms with Crippen molar-refractivity contribution in [3.63, 3.8) is 0 Å². The van der Waals surface area contributed by atoms with Gasteiger partial charge in [-0.1, -0.05) is 38.0 Å². The predicted octanol–water partition coefficient (Wildman–Crippen LogP) is 3.55. The molecule has 0 aliphatic heterocycles. The second-order valence-corrected chi connectivity index (χ2v) is 2.83. The van der Waals surface area contributed by atoms with Crippen molar-refractivity contribution in [2.75, 3.05) is 0 Å². The Morgan fingerprint density at radius 2 is 2.20 bits per heavy atom. The monoisotopic (exact) mass is 138 g/mol. The van der Waals surface area contributed by atoms with Crippen molar-refractivity contribution >= 4 is 0 Å². The molecule has 0 N–H and O–H groups in total. The maximum Gasteiger partial charge on any atom is -0.00314 e. The van der Waals surface area contributed by atoms with Crippen LogP contribution in [0.1, 0.15) is 33.1 Å². The van der Waals surface area contributed by atoms with E-state index in [0.717, 1.165) is 0 Å². The van der Waals surface area contributed by atoms with Crippen molar-refractivity contribution < 1.29 is 0 Å². The molecular formula is C10H18. The van der Waals surface area contributed by atoms with E-state index in [1.54, 1.807) is 0 Å². The van der Waals surface area contributed by atoms with Crippen molar-refractivity contribution in [3.8, 4) is 0 Å². The summed E-state index contributed by atoms with van der Waals surface area (Å²) in [5.74, 6) is 0.542. The Morgan fingerprint density at radius 1 is 1.60 bits per heavy atom. The molecule has 0 aromatic heterocycles. The molecule has 0 nitrogen and oxygen atoms in total. The molecule has 0 heteroatoms. The molecule has 0 saturated carbocycles. The Bertz CT molecular complexity index is 111. The summed E-state index contributed by atoms with van der Waals surface area (Å²) in [7, 11) is 0. The molecule has 0 fully saturated rings. The van der Waals surface area contributed by atoms with Crippen LogP contribution in [0.2, 0.25) is 0 Å². The van der Waals surface area contributed by atoms with Crippen LogP contribution in [0, 0.1) is 5.92 Å². The molecule has 0 amide bonds. The molecule has 0 heterocycles. The van der Waals surface area contributed by atoms with Gasteiger partial charge in [-0.05, 0) is 19.3 Å². The van der Waals surface area contributed by atoms with Crippen LogP contribution >= 0.6 is 0 Å². The highest BCUT2D eigenvalue weighted by Gasteiger charge is 2.01. The third-order valence-corrected chi connectivity index (χ3v) is 1.79. The average molecular weight is 138 g/mol. The van der Waals surface area contributed by atoms with Crippen molar-refractivity contribution in [2.24, 2.45) is 5.92 Å². The topological polar surface area (TPSA) is 0 Å². The Hall–Kier alpha value is -0.520. The Labute approximate surface area is 64.6 Å². The van der Waals surface area contributed by atoms with Crippen LogP contribution in [-0.2, 0) is 0 Å². The fourth-order valence-electron chi connectivity index (χ4n) is 0.989. The third kappa shape index (κ3) is 3.49. The summed E-state index contributed by atoms with van der Waals surface area (Å²) in [4.78, 5) is 0. The summed E-state index contributed by atoms with van der Waals surface area (Å²) >= 11 is 0. The van der Waals surface area contributed by atoms with E-state index >= 15 is 0 Å². The van der Waals surface area contributed by atoms with Crippen LogP contribution < -0.4 is 0 Å². The van der Waals surface area contributed by atoms with E-state index in [-0.39, 0.29) is 0 Å². The van der Waals surface area contributed by atoms with Gasteiger partial charge >= 0.3 is 0 Å². The highest BCUT2D eigenvalue weighted by atomic mass is 14.1. The van der Waals surface area contributed by atoms with Gasteiger partial charge in [0.15, 0.2) is 0 Å². The summed E-state index contributed by atoms with van der Waals surface area (Å²) in [5, 5.41) is 0. The zero-order valence-corrected chi connectivity index (χ0v) is 7.19. The van der Waals surface area contributed by atoms with Gasteiger partial charge < -0.3 is 0 Å².